The normalized spacial score (nSPS) is 23.9. The van der Waals surface area contributed by atoms with Crippen molar-refractivity contribution in [2.75, 3.05) is 12.0 Å². The highest BCUT2D eigenvalue weighted by Crippen LogP contribution is 2.56. The summed E-state index contributed by atoms with van der Waals surface area (Å²) in [6.45, 7) is 1.60. The molecule has 0 spiro atoms. The number of halogens is 1. The van der Waals surface area contributed by atoms with Crippen LogP contribution in [0.2, 0.25) is 5.02 Å². The lowest BCUT2D eigenvalue weighted by Crippen LogP contribution is -2.39. The number of hydrogen-bond donors (Lipinski definition) is 1. The molecule has 0 saturated carbocycles. The Hall–Kier alpha value is -5.28. The molecule has 1 N–H and O–H groups in total. The van der Waals surface area contributed by atoms with Crippen LogP contribution in [0, 0.1) is 17.8 Å². The average Bonchev–Trinajstić information content (AvgIpc) is 3.62. The Labute approximate surface area is 273 Å². The van der Waals surface area contributed by atoms with E-state index in [2.05, 4.69) is 4.98 Å². The molecule has 47 heavy (non-hydrogen) atoms. The lowest BCUT2D eigenvalue weighted by Gasteiger charge is -2.42. The molecule has 3 aliphatic carbocycles. The largest absolute Gasteiger partial charge is 0.503 e. The summed E-state index contributed by atoms with van der Waals surface area (Å²) < 4.78 is 11.2. The van der Waals surface area contributed by atoms with Crippen molar-refractivity contribution in [3.8, 4) is 23.0 Å². The van der Waals surface area contributed by atoms with Gasteiger partial charge in [0.15, 0.2) is 28.6 Å². The maximum absolute atomic E-state index is 14.3. The number of anilines is 1. The molecule has 2 heterocycles. The minimum absolute atomic E-state index is 0.0267. The van der Waals surface area contributed by atoms with Crippen molar-refractivity contribution in [2.24, 2.45) is 17.8 Å². The zero-order valence-corrected chi connectivity index (χ0v) is 26.1. The van der Waals surface area contributed by atoms with E-state index in [0.717, 1.165) is 11.1 Å². The number of carbonyl (C=O) groups excluding carboxylic acids is 4. The molecule has 1 saturated heterocycles. The maximum atomic E-state index is 14.3. The van der Waals surface area contributed by atoms with Crippen molar-refractivity contribution in [3.63, 3.8) is 0 Å². The molecular formula is C37H27ClN2O7. The smallest absolute Gasteiger partial charge is 0.238 e. The molecule has 9 nitrogen and oxygen atoms in total. The highest BCUT2D eigenvalue weighted by atomic mass is 35.5. The van der Waals surface area contributed by atoms with E-state index in [9.17, 15) is 24.3 Å². The first-order chi connectivity index (χ1) is 22.7. The Balaban J connectivity index is 1.18. The highest BCUT2D eigenvalue weighted by Gasteiger charge is 2.56. The number of carbonyl (C=O) groups is 4. The van der Waals surface area contributed by atoms with E-state index >= 15 is 0 Å². The van der Waals surface area contributed by atoms with Gasteiger partial charge in [-0.2, -0.15) is 0 Å². The summed E-state index contributed by atoms with van der Waals surface area (Å²) in [6, 6.07) is 17.5. The van der Waals surface area contributed by atoms with Gasteiger partial charge in [-0.25, -0.2) is 4.98 Å². The van der Waals surface area contributed by atoms with Gasteiger partial charge in [-0.3, -0.25) is 24.1 Å². The van der Waals surface area contributed by atoms with Gasteiger partial charge < -0.3 is 14.3 Å². The molecule has 4 unspecified atom stereocenters. The number of methoxy groups -OCH3 is 1. The number of benzene rings is 3. The number of allylic oxidation sites excluding steroid dienone is 6. The van der Waals surface area contributed by atoms with Crippen molar-refractivity contribution < 1.29 is 33.4 Å². The molecule has 4 aromatic rings. The first-order valence-corrected chi connectivity index (χ1v) is 15.6. The Morgan fingerprint density at radius 2 is 1.77 bits per heavy atom. The summed E-state index contributed by atoms with van der Waals surface area (Å²) in [5.74, 6) is -3.50. The third-order valence-electron chi connectivity index (χ3n) is 9.83. The maximum Gasteiger partial charge on any atom is 0.238 e. The van der Waals surface area contributed by atoms with Crippen LogP contribution in [-0.2, 0) is 19.2 Å². The summed E-state index contributed by atoms with van der Waals surface area (Å²) in [4.78, 5) is 61.1. The highest BCUT2D eigenvalue weighted by molar-refractivity contribution is 6.32. The SMILES string of the molecule is COc1cc(C2C3=CCC4C(=O)N(c5ccc(-c6nc7ccccc7o6)cc5)C(=O)C4C3CC3=C2C(=O)C=C(C)C3=O)cc(Cl)c1O. The van der Waals surface area contributed by atoms with Gasteiger partial charge in [-0.05, 0) is 85.9 Å². The van der Waals surface area contributed by atoms with E-state index in [0.29, 0.717) is 45.0 Å². The standard InChI is InChI=1S/C37H27ClN2O7/c1-17-13-27(41)32-24(33(17)42)16-23-21(30(32)19-14-25(38)34(43)29(15-19)46-2)11-12-22-31(23)37(45)40(36(22)44)20-9-7-18(8-10-20)35-39-26-5-3-4-6-28(26)47-35/h3-11,13-15,22-23,30-31,43H,12,16H2,1-2H3. The Kier molecular flexibility index (Phi) is 6.59. The number of aromatic nitrogens is 1. The molecule has 4 aliphatic rings. The molecule has 10 heteroatoms. The fourth-order valence-electron chi connectivity index (χ4n) is 7.68. The molecule has 1 fully saturated rings. The molecule has 3 aromatic carbocycles. The number of oxazole rings is 1. The second-order valence-electron chi connectivity index (χ2n) is 12.3. The van der Waals surface area contributed by atoms with Crippen molar-refractivity contribution in [1.82, 2.24) is 4.98 Å². The van der Waals surface area contributed by atoms with Gasteiger partial charge in [-0.1, -0.05) is 35.4 Å². The molecule has 0 radical (unpaired) electrons. The number of imide groups is 1. The van der Waals surface area contributed by atoms with E-state index < -0.39 is 23.7 Å². The Morgan fingerprint density at radius 3 is 2.51 bits per heavy atom. The van der Waals surface area contributed by atoms with Crippen molar-refractivity contribution in [1.29, 1.82) is 0 Å². The number of nitrogens with zero attached hydrogens (tertiary/aromatic N) is 2. The van der Waals surface area contributed by atoms with E-state index in [1.807, 2.05) is 30.3 Å². The topological polar surface area (TPSA) is 127 Å². The first kappa shape index (κ1) is 29.1. The van der Waals surface area contributed by atoms with Crippen LogP contribution in [0.4, 0.5) is 5.69 Å². The van der Waals surface area contributed by atoms with Gasteiger partial charge in [0.2, 0.25) is 17.7 Å². The molecule has 8 rings (SSSR count). The first-order valence-electron chi connectivity index (χ1n) is 15.3. The van der Waals surface area contributed by atoms with Crippen LogP contribution in [0.15, 0.2) is 99.5 Å². The zero-order chi connectivity index (χ0) is 32.7. The molecule has 4 atom stereocenters. The predicted molar refractivity (Wildman–Crippen MR) is 173 cm³/mol. The number of ketones is 2. The number of rotatable bonds is 4. The average molecular weight is 647 g/mol. The minimum atomic E-state index is -0.737. The summed E-state index contributed by atoms with van der Waals surface area (Å²) in [5.41, 5.74) is 4.83. The van der Waals surface area contributed by atoms with Crippen LogP contribution in [0.25, 0.3) is 22.6 Å². The van der Waals surface area contributed by atoms with Crippen molar-refractivity contribution >= 4 is 51.8 Å². The molecule has 0 bridgehead atoms. The summed E-state index contributed by atoms with van der Waals surface area (Å²) in [5, 5.41) is 10.5. The van der Waals surface area contributed by atoms with Gasteiger partial charge in [0.25, 0.3) is 0 Å². The van der Waals surface area contributed by atoms with Crippen molar-refractivity contribution in [3.05, 3.63) is 106 Å². The number of phenolic OH excluding ortho intramolecular Hbond substituents is 1. The second-order valence-corrected chi connectivity index (χ2v) is 12.7. The van der Waals surface area contributed by atoms with E-state index in [-0.39, 0.29) is 52.7 Å². The predicted octanol–water partition coefficient (Wildman–Crippen LogP) is 6.50. The van der Waals surface area contributed by atoms with E-state index in [4.69, 9.17) is 20.8 Å². The van der Waals surface area contributed by atoms with Gasteiger partial charge in [-0.15, -0.1) is 0 Å². The quantitative estimate of drug-likeness (QED) is 0.151. The van der Waals surface area contributed by atoms with Gasteiger partial charge in [0, 0.05) is 28.2 Å². The zero-order valence-electron chi connectivity index (χ0n) is 25.3. The number of aromatic hydroxyl groups is 1. The van der Waals surface area contributed by atoms with Crippen LogP contribution in [0.3, 0.4) is 0 Å². The molecule has 1 aromatic heterocycles. The third-order valence-corrected chi connectivity index (χ3v) is 10.1. The molecule has 1 aliphatic heterocycles. The van der Waals surface area contributed by atoms with Crippen molar-refractivity contribution in [2.45, 2.75) is 25.7 Å². The van der Waals surface area contributed by atoms with E-state index in [1.165, 1.54) is 18.1 Å². The van der Waals surface area contributed by atoms with Gasteiger partial charge in [0.05, 0.1) is 29.7 Å². The van der Waals surface area contributed by atoms with Crippen LogP contribution in [0.1, 0.15) is 31.2 Å². The Bertz CT molecular complexity index is 2140. The summed E-state index contributed by atoms with van der Waals surface area (Å²) >= 11 is 6.40. The number of hydrogen-bond acceptors (Lipinski definition) is 8. The van der Waals surface area contributed by atoms with E-state index in [1.54, 1.807) is 43.3 Å². The van der Waals surface area contributed by atoms with Crippen LogP contribution < -0.4 is 9.64 Å². The number of Topliss-reactive ketones (excluding diaryl/α,β-unsaturated/α-hetero) is 1. The summed E-state index contributed by atoms with van der Waals surface area (Å²) in [6.07, 6.45) is 3.72. The molecule has 234 valence electrons. The minimum Gasteiger partial charge on any atom is -0.503 e. The van der Waals surface area contributed by atoms with Crippen LogP contribution >= 0.6 is 11.6 Å². The van der Waals surface area contributed by atoms with Gasteiger partial charge in [0.1, 0.15) is 5.52 Å². The number of ether oxygens (including phenoxy) is 1. The number of fused-ring (bicyclic) bond motifs is 4. The fraction of sp³-hybridized carbons (Fsp3) is 0.216. The van der Waals surface area contributed by atoms with Gasteiger partial charge >= 0.3 is 0 Å². The number of para-hydroxylation sites is 2. The number of amides is 2. The number of phenols is 1. The third kappa shape index (κ3) is 4.33. The monoisotopic (exact) mass is 646 g/mol. The molecule has 2 amide bonds. The fourth-order valence-corrected chi connectivity index (χ4v) is 7.90. The second kappa shape index (κ2) is 10.6. The molecular weight excluding hydrogens is 620 g/mol. The summed E-state index contributed by atoms with van der Waals surface area (Å²) in [7, 11) is 1.40. The lowest BCUT2D eigenvalue weighted by atomic mass is 9.59. The lowest BCUT2D eigenvalue weighted by molar-refractivity contribution is -0.123. The Morgan fingerprint density at radius 1 is 1.00 bits per heavy atom. The van der Waals surface area contributed by atoms with Crippen LogP contribution in [0.5, 0.6) is 11.5 Å². The van der Waals surface area contributed by atoms with Crippen LogP contribution in [-0.4, -0.2) is 40.6 Å².